The fourth-order valence-corrected chi connectivity index (χ4v) is 2.21. The van der Waals surface area contributed by atoms with E-state index in [1.165, 1.54) is 7.11 Å². The van der Waals surface area contributed by atoms with Gasteiger partial charge in [0, 0.05) is 12.8 Å². The maximum atomic E-state index is 12.4. The molecule has 2 rings (SSSR count). The van der Waals surface area contributed by atoms with E-state index in [-0.39, 0.29) is 11.8 Å². The Labute approximate surface area is 118 Å². The monoisotopic (exact) mass is 274 g/mol. The minimum atomic E-state index is -0.813. The average molecular weight is 274 g/mol. The van der Waals surface area contributed by atoms with Crippen LogP contribution >= 0.6 is 0 Å². The van der Waals surface area contributed by atoms with Gasteiger partial charge in [-0.3, -0.25) is 4.79 Å². The highest BCUT2D eigenvalue weighted by Crippen LogP contribution is 2.42. The summed E-state index contributed by atoms with van der Waals surface area (Å²) in [5.74, 6) is 0.569. The van der Waals surface area contributed by atoms with E-state index in [9.17, 15) is 4.79 Å². The van der Waals surface area contributed by atoms with Crippen LogP contribution in [0.25, 0.3) is 0 Å². The lowest BCUT2D eigenvalue weighted by molar-refractivity contribution is -0.138. The largest absolute Gasteiger partial charge is 0.495 e. The first-order valence-electron chi connectivity index (χ1n) is 6.50. The summed E-state index contributed by atoms with van der Waals surface area (Å²) in [6.45, 7) is 1.80. The first-order valence-corrected chi connectivity index (χ1v) is 6.50. The van der Waals surface area contributed by atoms with Gasteiger partial charge in [-0.05, 0) is 43.9 Å². The number of benzene rings is 1. The molecular formula is C15H18N2O3. The molecule has 1 aliphatic rings. The Morgan fingerprint density at radius 1 is 1.45 bits per heavy atom. The molecule has 1 aliphatic carbocycles. The predicted molar refractivity (Wildman–Crippen MR) is 74.5 cm³/mol. The smallest absolute Gasteiger partial charge is 0.256 e. The highest BCUT2D eigenvalue weighted by atomic mass is 16.5. The van der Waals surface area contributed by atoms with Crippen molar-refractivity contribution >= 4 is 11.6 Å². The summed E-state index contributed by atoms with van der Waals surface area (Å²) in [5.41, 5.74) is 0.138. The van der Waals surface area contributed by atoms with E-state index in [4.69, 9.17) is 14.7 Å². The molecule has 1 atom stereocenters. The zero-order valence-corrected chi connectivity index (χ0v) is 11.9. The molecule has 1 saturated carbocycles. The summed E-state index contributed by atoms with van der Waals surface area (Å²) in [6, 6.07) is 7.01. The molecule has 5 heteroatoms. The van der Waals surface area contributed by atoms with Crippen molar-refractivity contribution in [1.82, 2.24) is 0 Å². The number of nitrogens with one attached hydrogen (secondary N) is 1. The van der Waals surface area contributed by atoms with Crippen LogP contribution in [0.15, 0.2) is 18.2 Å². The molecule has 106 valence electrons. The Bertz CT molecular complexity index is 561. The predicted octanol–water partition coefficient (Wildman–Crippen LogP) is 2.32. The average Bonchev–Trinajstić information content (AvgIpc) is 3.31. The Morgan fingerprint density at radius 2 is 2.15 bits per heavy atom. The zero-order chi connectivity index (χ0) is 14.8. The van der Waals surface area contributed by atoms with Gasteiger partial charge in [0.25, 0.3) is 5.91 Å². The second-order valence-electron chi connectivity index (χ2n) is 5.07. The SMILES string of the molecule is COc1ccc(NC(=O)[C@@](C)(OC)C2CC2)cc1C#N. The number of ether oxygens (including phenoxy) is 2. The molecule has 1 fully saturated rings. The molecule has 0 aromatic heterocycles. The number of hydrogen-bond donors (Lipinski definition) is 1. The van der Waals surface area contributed by atoms with E-state index in [1.54, 1.807) is 32.2 Å². The second-order valence-corrected chi connectivity index (χ2v) is 5.07. The summed E-state index contributed by atoms with van der Waals surface area (Å²) in [7, 11) is 3.05. The molecule has 0 radical (unpaired) electrons. The van der Waals surface area contributed by atoms with Crippen LogP contribution in [0.2, 0.25) is 0 Å². The summed E-state index contributed by atoms with van der Waals surface area (Å²) in [5, 5.41) is 11.9. The highest BCUT2D eigenvalue weighted by Gasteiger charge is 2.47. The van der Waals surface area contributed by atoms with Crippen LogP contribution in [-0.2, 0) is 9.53 Å². The Hall–Kier alpha value is -2.06. The second kappa shape index (κ2) is 5.51. The van der Waals surface area contributed by atoms with Gasteiger partial charge in [-0.15, -0.1) is 0 Å². The summed E-state index contributed by atoms with van der Waals surface area (Å²) < 4.78 is 10.5. The van der Waals surface area contributed by atoms with Gasteiger partial charge in [-0.1, -0.05) is 0 Å². The fraction of sp³-hybridized carbons (Fsp3) is 0.467. The molecule has 1 amide bonds. The third-order valence-corrected chi connectivity index (χ3v) is 3.81. The lowest BCUT2D eigenvalue weighted by Crippen LogP contribution is -2.44. The molecule has 20 heavy (non-hydrogen) atoms. The molecule has 1 aromatic carbocycles. The van der Waals surface area contributed by atoms with Crippen molar-refractivity contribution < 1.29 is 14.3 Å². The van der Waals surface area contributed by atoms with Gasteiger partial charge in [-0.2, -0.15) is 5.26 Å². The maximum absolute atomic E-state index is 12.4. The topological polar surface area (TPSA) is 71.3 Å². The highest BCUT2D eigenvalue weighted by molar-refractivity contribution is 5.97. The van der Waals surface area contributed by atoms with Crippen molar-refractivity contribution in [2.75, 3.05) is 19.5 Å². The van der Waals surface area contributed by atoms with Crippen molar-refractivity contribution in [3.63, 3.8) is 0 Å². The lowest BCUT2D eigenvalue weighted by atomic mass is 9.99. The minimum absolute atomic E-state index is 0.184. The molecule has 0 saturated heterocycles. The van der Waals surface area contributed by atoms with E-state index in [1.807, 2.05) is 6.07 Å². The van der Waals surface area contributed by atoms with Crippen molar-refractivity contribution in [3.05, 3.63) is 23.8 Å². The molecule has 1 N–H and O–H groups in total. The van der Waals surface area contributed by atoms with Gasteiger partial charge < -0.3 is 14.8 Å². The number of carbonyl (C=O) groups excluding carboxylic acids is 1. The number of anilines is 1. The van der Waals surface area contributed by atoms with Crippen molar-refractivity contribution in [2.45, 2.75) is 25.4 Å². The van der Waals surface area contributed by atoms with Crippen LogP contribution in [0.3, 0.4) is 0 Å². The van der Waals surface area contributed by atoms with Gasteiger partial charge in [0.15, 0.2) is 0 Å². The van der Waals surface area contributed by atoms with Gasteiger partial charge in [0.1, 0.15) is 17.4 Å². The van der Waals surface area contributed by atoms with Crippen LogP contribution in [0.4, 0.5) is 5.69 Å². The van der Waals surface area contributed by atoms with Gasteiger partial charge in [0.05, 0.1) is 12.7 Å². The minimum Gasteiger partial charge on any atom is -0.495 e. The summed E-state index contributed by atoms with van der Waals surface area (Å²) in [6.07, 6.45) is 2.01. The number of nitrogens with zero attached hydrogens (tertiary/aromatic N) is 1. The van der Waals surface area contributed by atoms with Crippen molar-refractivity contribution in [2.24, 2.45) is 5.92 Å². The normalized spacial score (nSPS) is 16.9. The number of nitriles is 1. The molecular weight excluding hydrogens is 256 g/mol. The summed E-state index contributed by atoms with van der Waals surface area (Å²) in [4.78, 5) is 12.4. The third kappa shape index (κ3) is 2.61. The van der Waals surface area contributed by atoms with E-state index < -0.39 is 5.60 Å². The van der Waals surface area contributed by atoms with Gasteiger partial charge >= 0.3 is 0 Å². The van der Waals surface area contributed by atoms with Gasteiger partial charge in [-0.25, -0.2) is 0 Å². The van der Waals surface area contributed by atoms with Crippen molar-refractivity contribution in [3.8, 4) is 11.8 Å². The van der Waals surface area contributed by atoms with Crippen molar-refractivity contribution in [1.29, 1.82) is 5.26 Å². The molecule has 0 heterocycles. The van der Waals surface area contributed by atoms with E-state index in [0.717, 1.165) is 12.8 Å². The quantitative estimate of drug-likeness (QED) is 0.894. The summed E-state index contributed by atoms with van der Waals surface area (Å²) >= 11 is 0. The van der Waals surface area contributed by atoms with Crippen LogP contribution in [0.1, 0.15) is 25.3 Å². The number of amides is 1. The first-order chi connectivity index (χ1) is 9.55. The van der Waals surface area contributed by atoms with E-state index in [0.29, 0.717) is 17.0 Å². The number of rotatable bonds is 5. The molecule has 0 unspecified atom stereocenters. The number of methoxy groups -OCH3 is 2. The van der Waals surface area contributed by atoms with Gasteiger partial charge in [0.2, 0.25) is 0 Å². The number of carbonyl (C=O) groups is 1. The fourth-order valence-electron chi connectivity index (χ4n) is 2.21. The Balaban J connectivity index is 2.18. The molecule has 0 aliphatic heterocycles. The van der Waals surface area contributed by atoms with E-state index in [2.05, 4.69) is 5.32 Å². The number of hydrogen-bond acceptors (Lipinski definition) is 4. The molecule has 5 nitrogen and oxygen atoms in total. The zero-order valence-electron chi connectivity index (χ0n) is 11.9. The Kier molecular flexibility index (Phi) is 3.96. The maximum Gasteiger partial charge on any atom is 0.256 e. The molecule has 1 aromatic rings. The van der Waals surface area contributed by atoms with Crippen LogP contribution < -0.4 is 10.1 Å². The van der Waals surface area contributed by atoms with Crippen LogP contribution in [0, 0.1) is 17.2 Å². The molecule has 0 bridgehead atoms. The third-order valence-electron chi connectivity index (χ3n) is 3.81. The van der Waals surface area contributed by atoms with E-state index >= 15 is 0 Å². The first kappa shape index (κ1) is 14.4. The van der Waals surface area contributed by atoms with Crippen LogP contribution in [0.5, 0.6) is 5.75 Å². The lowest BCUT2D eigenvalue weighted by Gasteiger charge is -2.26. The molecule has 0 spiro atoms. The standard InChI is InChI=1S/C15H18N2O3/c1-15(20-3,11-4-5-11)14(18)17-12-6-7-13(19-2)10(8-12)9-16/h6-8,11H,4-5H2,1-3H3,(H,17,18)/t15-/m0/s1. The van der Waals surface area contributed by atoms with Crippen LogP contribution in [-0.4, -0.2) is 25.7 Å². The Morgan fingerprint density at radius 3 is 2.65 bits per heavy atom.